The molecule has 0 radical (unpaired) electrons. The number of nitrogens with one attached hydrogen (secondary N) is 1. The van der Waals surface area contributed by atoms with Gasteiger partial charge < -0.3 is 19.5 Å². The number of nitrogens with zero attached hydrogens (tertiary/aromatic N) is 4. The number of hydrogen-bond donors (Lipinski definition) is 1. The largest absolute Gasteiger partial charge is 0.480 e. The van der Waals surface area contributed by atoms with Crippen LogP contribution in [0.25, 0.3) is 10.9 Å². The first-order valence-electron chi connectivity index (χ1n) is 13.4. The second-order valence-electron chi connectivity index (χ2n) is 9.97. The van der Waals surface area contributed by atoms with Gasteiger partial charge in [-0.1, -0.05) is 37.8 Å². The van der Waals surface area contributed by atoms with Crippen molar-refractivity contribution in [2.24, 2.45) is 0 Å². The molecule has 1 aliphatic heterocycles. The average molecular weight is 524 g/mol. The van der Waals surface area contributed by atoms with Crippen LogP contribution in [-0.2, 0) is 4.79 Å². The third-order valence-corrected chi connectivity index (χ3v) is 7.64. The minimum absolute atomic E-state index is 0.0398. The van der Waals surface area contributed by atoms with Crippen LogP contribution in [0.5, 0.6) is 5.75 Å². The van der Waals surface area contributed by atoms with Gasteiger partial charge in [0, 0.05) is 36.6 Å². The summed E-state index contributed by atoms with van der Waals surface area (Å²) >= 11 is 6.46. The Kier molecular flexibility index (Phi) is 7.93. The lowest BCUT2D eigenvalue weighted by molar-refractivity contribution is -0.120. The monoisotopic (exact) mass is 523 g/mol. The quantitative estimate of drug-likeness (QED) is 0.385. The SMILES string of the molecule is CCC(=O)COc1cc2cc(Nc3nc(N4CCCCC4)ncc3Cl)ccc2n(C2CCCCC2)c1=O. The molecule has 196 valence electrons. The number of piperidine rings is 1. The van der Waals surface area contributed by atoms with Crippen molar-refractivity contribution in [1.29, 1.82) is 0 Å². The zero-order valence-electron chi connectivity index (χ0n) is 21.3. The molecule has 0 bridgehead atoms. The third-order valence-electron chi connectivity index (χ3n) is 7.36. The van der Waals surface area contributed by atoms with E-state index in [9.17, 15) is 9.59 Å². The number of carbonyl (C=O) groups excluding carboxylic acids is 1. The molecule has 0 unspecified atom stereocenters. The van der Waals surface area contributed by atoms with E-state index in [1.54, 1.807) is 19.2 Å². The Morgan fingerprint density at radius 1 is 1.11 bits per heavy atom. The van der Waals surface area contributed by atoms with Crippen LogP contribution in [0.1, 0.15) is 70.8 Å². The summed E-state index contributed by atoms with van der Waals surface area (Å²) in [5.41, 5.74) is 1.48. The fourth-order valence-corrected chi connectivity index (χ4v) is 5.43. The number of benzene rings is 1. The minimum atomic E-state index is -0.172. The standard InChI is InChI=1S/C28H34ClN5O3/c1-2-22(35)18-37-25-16-19-15-20(11-12-24(19)34(27(25)36)21-9-5-3-6-10-21)31-26-23(29)17-30-28(32-26)33-13-7-4-8-14-33/h11-12,15-17,21H,2-10,13-14,18H2,1H3,(H,30,31,32). The fourth-order valence-electron chi connectivity index (χ4n) is 5.29. The van der Waals surface area contributed by atoms with E-state index in [0.29, 0.717) is 23.2 Å². The van der Waals surface area contributed by atoms with E-state index in [4.69, 9.17) is 21.3 Å². The summed E-state index contributed by atoms with van der Waals surface area (Å²) in [6.07, 6.45) is 10.8. The zero-order chi connectivity index (χ0) is 25.8. The Bertz CT molecular complexity index is 1330. The Morgan fingerprint density at radius 2 is 1.86 bits per heavy atom. The number of pyridine rings is 1. The molecule has 1 aromatic carbocycles. The van der Waals surface area contributed by atoms with Gasteiger partial charge in [0.15, 0.2) is 17.4 Å². The van der Waals surface area contributed by atoms with Crippen LogP contribution in [0.3, 0.4) is 0 Å². The molecule has 9 heteroatoms. The number of fused-ring (bicyclic) bond motifs is 1. The molecule has 5 rings (SSSR count). The molecule has 2 fully saturated rings. The molecule has 37 heavy (non-hydrogen) atoms. The number of ether oxygens (including phenoxy) is 1. The molecule has 3 heterocycles. The average Bonchev–Trinajstić information content (AvgIpc) is 2.94. The Morgan fingerprint density at radius 3 is 2.62 bits per heavy atom. The molecule has 0 amide bonds. The van der Waals surface area contributed by atoms with Crippen LogP contribution in [0.2, 0.25) is 5.02 Å². The number of aromatic nitrogens is 3. The molecule has 1 saturated carbocycles. The van der Waals surface area contributed by atoms with E-state index < -0.39 is 0 Å². The maximum Gasteiger partial charge on any atom is 0.293 e. The van der Waals surface area contributed by atoms with Gasteiger partial charge in [-0.05, 0) is 56.4 Å². The van der Waals surface area contributed by atoms with Gasteiger partial charge in [-0.15, -0.1) is 0 Å². The van der Waals surface area contributed by atoms with Gasteiger partial charge in [-0.25, -0.2) is 4.98 Å². The van der Waals surface area contributed by atoms with Gasteiger partial charge in [0.1, 0.15) is 11.6 Å². The summed E-state index contributed by atoms with van der Waals surface area (Å²) in [5, 5.41) is 4.64. The number of rotatable bonds is 8. The van der Waals surface area contributed by atoms with Crippen molar-refractivity contribution in [3.8, 4) is 5.75 Å². The van der Waals surface area contributed by atoms with Crippen molar-refractivity contribution in [3.05, 3.63) is 45.8 Å². The molecule has 8 nitrogen and oxygen atoms in total. The maximum absolute atomic E-state index is 13.5. The normalized spacial score (nSPS) is 16.6. The molecule has 2 aliphatic rings. The van der Waals surface area contributed by atoms with Crippen LogP contribution in [0.4, 0.5) is 17.5 Å². The smallest absolute Gasteiger partial charge is 0.293 e. The van der Waals surface area contributed by atoms with Crippen molar-refractivity contribution in [3.63, 3.8) is 0 Å². The summed E-state index contributed by atoms with van der Waals surface area (Å²) in [6.45, 7) is 3.58. The predicted octanol–water partition coefficient (Wildman–Crippen LogP) is 6.04. The second-order valence-corrected chi connectivity index (χ2v) is 10.4. The summed E-state index contributed by atoms with van der Waals surface area (Å²) in [4.78, 5) is 36.7. The maximum atomic E-state index is 13.5. The molecular weight excluding hydrogens is 490 g/mol. The highest BCUT2D eigenvalue weighted by Crippen LogP contribution is 2.33. The van der Waals surface area contributed by atoms with Crippen molar-refractivity contribution >= 4 is 45.7 Å². The molecule has 0 atom stereocenters. The Labute approximate surface area is 222 Å². The van der Waals surface area contributed by atoms with Gasteiger partial charge in [0.25, 0.3) is 5.56 Å². The van der Waals surface area contributed by atoms with E-state index in [1.165, 1.54) is 12.8 Å². The van der Waals surface area contributed by atoms with Gasteiger partial charge in [-0.2, -0.15) is 4.98 Å². The van der Waals surface area contributed by atoms with Gasteiger partial charge >= 0.3 is 0 Å². The van der Waals surface area contributed by atoms with Gasteiger partial charge in [0.2, 0.25) is 5.95 Å². The van der Waals surface area contributed by atoms with Crippen LogP contribution in [0, 0.1) is 0 Å². The molecule has 1 N–H and O–H groups in total. The lowest BCUT2D eigenvalue weighted by Gasteiger charge is -2.27. The first-order valence-corrected chi connectivity index (χ1v) is 13.8. The highest BCUT2D eigenvalue weighted by atomic mass is 35.5. The Balaban J connectivity index is 1.50. The van der Waals surface area contributed by atoms with Crippen LogP contribution in [0.15, 0.2) is 35.3 Å². The van der Waals surface area contributed by atoms with Gasteiger partial charge in [-0.3, -0.25) is 9.59 Å². The van der Waals surface area contributed by atoms with Crippen molar-refractivity contribution < 1.29 is 9.53 Å². The fraction of sp³-hybridized carbons (Fsp3) is 0.500. The van der Waals surface area contributed by atoms with Crippen LogP contribution >= 0.6 is 11.6 Å². The minimum Gasteiger partial charge on any atom is -0.480 e. The Hall–Kier alpha value is -3.13. The number of hydrogen-bond acceptors (Lipinski definition) is 7. The topological polar surface area (TPSA) is 89.3 Å². The third kappa shape index (κ3) is 5.74. The summed E-state index contributed by atoms with van der Waals surface area (Å²) in [6, 6.07) is 7.75. The van der Waals surface area contributed by atoms with Crippen molar-refractivity contribution in [1.82, 2.24) is 14.5 Å². The number of halogens is 1. The van der Waals surface area contributed by atoms with E-state index >= 15 is 0 Å². The molecule has 2 aromatic heterocycles. The second kappa shape index (κ2) is 11.5. The summed E-state index contributed by atoms with van der Waals surface area (Å²) in [7, 11) is 0. The highest BCUT2D eigenvalue weighted by Gasteiger charge is 2.22. The van der Waals surface area contributed by atoms with Crippen LogP contribution < -0.4 is 20.5 Å². The molecule has 0 spiro atoms. The predicted molar refractivity (Wildman–Crippen MR) is 148 cm³/mol. The van der Waals surface area contributed by atoms with Crippen molar-refractivity contribution in [2.45, 2.75) is 70.8 Å². The van der Waals surface area contributed by atoms with E-state index in [1.807, 2.05) is 22.8 Å². The molecular formula is C28H34ClN5O3. The van der Waals surface area contributed by atoms with Crippen LogP contribution in [-0.4, -0.2) is 40.0 Å². The van der Waals surface area contributed by atoms with E-state index in [2.05, 4.69) is 15.2 Å². The first-order chi connectivity index (χ1) is 18.0. The number of Topliss-reactive ketones (excluding diaryl/α,β-unsaturated/α-hetero) is 1. The van der Waals surface area contributed by atoms with E-state index in [0.717, 1.165) is 68.2 Å². The summed E-state index contributed by atoms with van der Waals surface area (Å²) in [5.74, 6) is 1.39. The zero-order valence-corrected chi connectivity index (χ0v) is 22.1. The highest BCUT2D eigenvalue weighted by molar-refractivity contribution is 6.32. The number of ketones is 1. The molecule has 3 aromatic rings. The number of carbonyl (C=O) groups is 1. The first kappa shape index (κ1) is 25.5. The molecule has 1 aliphatic carbocycles. The summed E-state index contributed by atoms with van der Waals surface area (Å²) < 4.78 is 7.61. The van der Waals surface area contributed by atoms with Crippen molar-refractivity contribution in [2.75, 3.05) is 29.9 Å². The van der Waals surface area contributed by atoms with E-state index in [-0.39, 0.29) is 29.7 Å². The lowest BCUT2D eigenvalue weighted by Crippen LogP contribution is -2.31. The molecule has 1 saturated heterocycles. The number of anilines is 3. The van der Waals surface area contributed by atoms with Gasteiger partial charge in [0.05, 0.1) is 11.7 Å². The lowest BCUT2D eigenvalue weighted by atomic mass is 9.94.